The van der Waals surface area contributed by atoms with Crippen LogP contribution in [-0.4, -0.2) is 41.5 Å². The molecule has 0 aliphatic heterocycles. The molecule has 3 nitrogen and oxygen atoms in total. The third-order valence-corrected chi connectivity index (χ3v) is 3.69. The Morgan fingerprint density at radius 2 is 1.84 bits per heavy atom. The Labute approximate surface area is 131 Å². The number of carbonyl (C=O) groups excluding carboxylic acids is 1. The van der Waals surface area contributed by atoms with Gasteiger partial charge < -0.3 is 4.74 Å². The van der Waals surface area contributed by atoms with Crippen molar-refractivity contribution in [3.05, 3.63) is 12.2 Å². The molecule has 0 saturated heterocycles. The summed E-state index contributed by atoms with van der Waals surface area (Å²) in [6, 6.07) is 0. The van der Waals surface area contributed by atoms with Crippen LogP contribution in [0.4, 0.5) is 0 Å². The molecule has 4 heteroatoms. The summed E-state index contributed by atoms with van der Waals surface area (Å²) < 4.78 is 6.40. The van der Waals surface area contributed by atoms with Crippen LogP contribution in [0.1, 0.15) is 46.0 Å². The van der Waals surface area contributed by atoms with E-state index in [2.05, 4.69) is 41.0 Å². The van der Waals surface area contributed by atoms with E-state index in [1.165, 1.54) is 36.5 Å². The van der Waals surface area contributed by atoms with Gasteiger partial charge in [0, 0.05) is 12.1 Å². The molecule has 0 atom stereocenters. The minimum absolute atomic E-state index is 0.277. The first kappa shape index (κ1) is 18.9. The molecule has 0 amide bonds. The number of unbranched alkanes of at least 4 members (excludes halogenated alkanes) is 3. The van der Waals surface area contributed by atoms with Crippen LogP contribution >= 0.6 is 22.6 Å². The third-order valence-electron chi connectivity index (χ3n) is 2.93. The Morgan fingerprint density at radius 3 is 2.42 bits per heavy atom. The fourth-order valence-electron chi connectivity index (χ4n) is 1.71. The van der Waals surface area contributed by atoms with Crippen molar-refractivity contribution in [1.82, 2.24) is 4.90 Å². The zero-order valence-electron chi connectivity index (χ0n) is 12.4. The molecule has 0 rings (SSSR count). The first-order valence-corrected chi connectivity index (χ1v) is 8.75. The quantitative estimate of drug-likeness (QED) is 0.169. The normalized spacial score (nSPS) is 10.7. The molecule has 0 aliphatic rings. The van der Waals surface area contributed by atoms with Crippen LogP contribution in [0.3, 0.4) is 0 Å². The maximum absolute atomic E-state index is 11.3. The maximum atomic E-state index is 11.3. The Kier molecular flexibility index (Phi) is 12.8. The van der Waals surface area contributed by atoms with Crippen molar-refractivity contribution in [3.63, 3.8) is 0 Å². The molecule has 0 radical (unpaired) electrons. The fraction of sp³-hybridized carbons (Fsp3) is 0.800. The second-order valence-corrected chi connectivity index (χ2v) is 5.94. The van der Waals surface area contributed by atoms with Crippen LogP contribution in [0.25, 0.3) is 0 Å². The van der Waals surface area contributed by atoms with Gasteiger partial charge in [-0.1, -0.05) is 48.9 Å². The van der Waals surface area contributed by atoms with E-state index in [0.717, 1.165) is 19.6 Å². The van der Waals surface area contributed by atoms with E-state index in [1.54, 1.807) is 6.92 Å². The molecule has 0 unspecified atom stereocenters. The number of ether oxygens (including phenoxy) is 1. The van der Waals surface area contributed by atoms with Gasteiger partial charge in [-0.15, -0.1) is 0 Å². The number of nitrogens with zero attached hydrogens (tertiary/aromatic N) is 1. The number of carbonyl (C=O) groups is 1. The van der Waals surface area contributed by atoms with Gasteiger partial charge in [0.1, 0.15) is 6.61 Å². The molecule has 0 aliphatic carbocycles. The van der Waals surface area contributed by atoms with Crippen molar-refractivity contribution >= 4 is 28.6 Å². The largest absolute Gasteiger partial charge is 0.461 e. The van der Waals surface area contributed by atoms with Crippen LogP contribution in [0.15, 0.2) is 12.2 Å². The zero-order valence-corrected chi connectivity index (χ0v) is 14.6. The van der Waals surface area contributed by atoms with E-state index in [9.17, 15) is 4.79 Å². The summed E-state index contributed by atoms with van der Waals surface area (Å²) in [6.07, 6.45) is 6.24. The molecule has 0 aromatic heterocycles. The second-order valence-electron chi connectivity index (χ2n) is 4.86. The van der Waals surface area contributed by atoms with Crippen molar-refractivity contribution in [3.8, 4) is 0 Å². The molecule has 19 heavy (non-hydrogen) atoms. The molecule has 0 fully saturated rings. The van der Waals surface area contributed by atoms with Crippen LogP contribution in [0.5, 0.6) is 0 Å². The minimum atomic E-state index is -0.277. The highest BCUT2D eigenvalue weighted by Gasteiger charge is 2.07. The van der Waals surface area contributed by atoms with Gasteiger partial charge >= 0.3 is 5.97 Å². The average Bonchev–Trinajstić information content (AvgIpc) is 2.39. The van der Waals surface area contributed by atoms with Crippen molar-refractivity contribution < 1.29 is 9.53 Å². The van der Waals surface area contributed by atoms with E-state index in [-0.39, 0.29) is 5.97 Å². The number of hydrogen-bond acceptors (Lipinski definition) is 3. The second kappa shape index (κ2) is 12.9. The zero-order chi connectivity index (χ0) is 14.5. The number of rotatable bonds is 12. The molecular weight excluding hydrogens is 353 g/mol. The molecule has 0 aromatic carbocycles. The van der Waals surface area contributed by atoms with Crippen LogP contribution < -0.4 is 0 Å². The fourth-order valence-corrected chi connectivity index (χ4v) is 2.25. The third kappa shape index (κ3) is 11.4. The van der Waals surface area contributed by atoms with Gasteiger partial charge in [0.15, 0.2) is 0 Å². The number of alkyl halides is 1. The minimum Gasteiger partial charge on any atom is -0.461 e. The van der Waals surface area contributed by atoms with Gasteiger partial charge in [0.25, 0.3) is 0 Å². The molecular formula is C15H28INO2. The highest BCUT2D eigenvalue weighted by atomic mass is 127. The van der Waals surface area contributed by atoms with Gasteiger partial charge in [0.05, 0.1) is 0 Å². The summed E-state index contributed by atoms with van der Waals surface area (Å²) >= 11 is 2.42. The van der Waals surface area contributed by atoms with Gasteiger partial charge in [-0.2, -0.15) is 0 Å². The highest BCUT2D eigenvalue weighted by Crippen LogP contribution is 2.03. The van der Waals surface area contributed by atoms with Crippen molar-refractivity contribution in [2.75, 3.05) is 30.7 Å². The number of esters is 1. The number of halogens is 1. The van der Waals surface area contributed by atoms with Crippen LogP contribution in [0, 0.1) is 0 Å². The summed E-state index contributed by atoms with van der Waals surface area (Å²) in [7, 11) is 0. The molecule has 0 heterocycles. The van der Waals surface area contributed by atoms with Crippen molar-refractivity contribution in [1.29, 1.82) is 0 Å². The lowest BCUT2D eigenvalue weighted by Gasteiger charge is -2.21. The lowest BCUT2D eigenvalue weighted by atomic mass is 10.2. The average molecular weight is 381 g/mol. The van der Waals surface area contributed by atoms with Gasteiger partial charge in [-0.25, -0.2) is 4.79 Å². The molecule has 0 saturated carbocycles. The van der Waals surface area contributed by atoms with Crippen LogP contribution in [0.2, 0.25) is 0 Å². The topological polar surface area (TPSA) is 29.5 Å². The lowest BCUT2D eigenvalue weighted by molar-refractivity contribution is -0.139. The molecule has 112 valence electrons. The first-order chi connectivity index (χ1) is 9.11. The van der Waals surface area contributed by atoms with Gasteiger partial charge in [-0.05, 0) is 43.7 Å². The van der Waals surface area contributed by atoms with Crippen molar-refractivity contribution in [2.45, 2.75) is 46.0 Å². The highest BCUT2D eigenvalue weighted by molar-refractivity contribution is 14.1. The predicted molar refractivity (Wildman–Crippen MR) is 89.9 cm³/mol. The summed E-state index contributed by atoms with van der Waals surface area (Å²) in [6.45, 7) is 11.0. The predicted octanol–water partition coefficient (Wildman–Crippen LogP) is 3.81. The maximum Gasteiger partial charge on any atom is 0.333 e. The van der Waals surface area contributed by atoms with E-state index < -0.39 is 0 Å². The Bertz CT molecular complexity index is 257. The smallest absolute Gasteiger partial charge is 0.333 e. The molecule has 0 aromatic rings. The van der Waals surface area contributed by atoms with Gasteiger partial charge in [-0.3, -0.25) is 4.90 Å². The van der Waals surface area contributed by atoms with E-state index in [0.29, 0.717) is 12.2 Å². The standard InChI is InChI=1S/C15H28INO2/c1-4-5-10-17(11-8-6-7-9-16)12-13-19-15(18)14(2)3/h2,4-13H2,1,3H3. The molecule has 0 N–H and O–H groups in total. The summed E-state index contributed by atoms with van der Waals surface area (Å²) in [5, 5.41) is 0. The summed E-state index contributed by atoms with van der Waals surface area (Å²) in [5.74, 6) is -0.277. The molecule has 0 spiro atoms. The van der Waals surface area contributed by atoms with Crippen molar-refractivity contribution in [2.24, 2.45) is 0 Å². The number of hydrogen-bond donors (Lipinski definition) is 0. The Hall–Kier alpha value is -0.100. The Morgan fingerprint density at radius 1 is 1.16 bits per heavy atom. The summed E-state index contributed by atoms with van der Waals surface area (Å²) in [5.41, 5.74) is 0.474. The van der Waals surface area contributed by atoms with E-state index in [1.807, 2.05) is 0 Å². The van der Waals surface area contributed by atoms with E-state index >= 15 is 0 Å². The SMILES string of the molecule is C=C(C)C(=O)OCCN(CCCC)CCCCCI. The van der Waals surface area contributed by atoms with Crippen LogP contribution in [-0.2, 0) is 9.53 Å². The molecule has 0 bridgehead atoms. The Balaban J connectivity index is 3.84. The van der Waals surface area contributed by atoms with Gasteiger partial charge in [0.2, 0.25) is 0 Å². The first-order valence-electron chi connectivity index (χ1n) is 7.22. The monoisotopic (exact) mass is 381 g/mol. The summed E-state index contributed by atoms with van der Waals surface area (Å²) in [4.78, 5) is 13.7. The van der Waals surface area contributed by atoms with E-state index in [4.69, 9.17) is 4.74 Å². The lowest BCUT2D eigenvalue weighted by Crippen LogP contribution is -2.30.